The van der Waals surface area contributed by atoms with Crippen molar-refractivity contribution in [2.24, 2.45) is 0 Å². The fourth-order valence-corrected chi connectivity index (χ4v) is 3.58. The molecule has 4 rings (SSSR count). The van der Waals surface area contributed by atoms with E-state index in [9.17, 15) is 9.90 Å². The molecule has 0 radical (unpaired) electrons. The van der Waals surface area contributed by atoms with Gasteiger partial charge < -0.3 is 15.2 Å². The molecule has 0 spiro atoms. The summed E-state index contributed by atoms with van der Waals surface area (Å²) in [7, 11) is 1.50. The molecule has 1 aliphatic rings. The van der Waals surface area contributed by atoms with Crippen molar-refractivity contribution in [2.45, 2.75) is 23.2 Å². The van der Waals surface area contributed by atoms with Crippen LogP contribution in [0.15, 0.2) is 71.6 Å². The summed E-state index contributed by atoms with van der Waals surface area (Å²) in [5.41, 5.74) is 3.15. The van der Waals surface area contributed by atoms with Gasteiger partial charge in [0.25, 0.3) is 0 Å². The van der Waals surface area contributed by atoms with Crippen molar-refractivity contribution < 1.29 is 14.6 Å². The first kappa shape index (κ1) is 18.4. The third-order valence-corrected chi connectivity index (χ3v) is 5.54. The lowest BCUT2D eigenvalue weighted by Gasteiger charge is -2.17. The van der Waals surface area contributed by atoms with E-state index >= 15 is 0 Å². The first-order chi connectivity index (χ1) is 13.5. The van der Waals surface area contributed by atoms with E-state index in [2.05, 4.69) is 17.9 Å². The van der Waals surface area contributed by atoms with E-state index in [-0.39, 0.29) is 11.7 Å². The number of carbonyl (C=O) groups is 1. The van der Waals surface area contributed by atoms with Gasteiger partial charge >= 0.3 is 0 Å². The van der Waals surface area contributed by atoms with Crippen LogP contribution in [0.5, 0.6) is 11.5 Å². The second-order valence-corrected chi connectivity index (χ2v) is 7.57. The molecular formula is C23H21NO3S. The molecule has 0 atom stereocenters. The summed E-state index contributed by atoms with van der Waals surface area (Å²) in [5.74, 6) is 0.414. The summed E-state index contributed by atoms with van der Waals surface area (Å²) in [4.78, 5) is 14.0. The Morgan fingerprint density at radius 1 is 1.04 bits per heavy atom. The lowest BCUT2D eigenvalue weighted by atomic mass is 9.94. The van der Waals surface area contributed by atoms with Gasteiger partial charge in [0.05, 0.1) is 12.5 Å². The Morgan fingerprint density at radius 2 is 1.79 bits per heavy atom. The fourth-order valence-electron chi connectivity index (χ4n) is 3.43. The van der Waals surface area contributed by atoms with E-state index in [0.717, 1.165) is 40.1 Å². The molecule has 3 aromatic rings. The Hall–Kier alpha value is -2.92. The normalized spacial score (nSPS) is 14.4. The Bertz CT molecular complexity index is 1030. The number of ether oxygens (including phenoxy) is 1. The maximum atomic E-state index is 13.0. The molecule has 0 bridgehead atoms. The highest BCUT2D eigenvalue weighted by Gasteiger charge is 2.51. The lowest BCUT2D eigenvalue weighted by Crippen LogP contribution is -2.27. The largest absolute Gasteiger partial charge is 0.504 e. The number of hydrogen-bond donors (Lipinski definition) is 3. The standard InChI is InChI=1S/C23H21NO3S/c1-27-21-14-17(7-10-20(21)25)23(11-12-23)22(26)24-18-4-2-3-16(13-18)15-5-8-19(28)9-6-15/h2-10,13-14,25,28H,11-12H2,1H3,(H,24,26). The Labute approximate surface area is 169 Å². The summed E-state index contributed by atoms with van der Waals surface area (Å²) in [6.07, 6.45) is 1.55. The minimum absolute atomic E-state index is 0.0388. The second kappa shape index (κ2) is 7.24. The number of methoxy groups -OCH3 is 1. The molecule has 3 aromatic carbocycles. The van der Waals surface area contributed by atoms with Crippen molar-refractivity contribution in [3.8, 4) is 22.6 Å². The number of aromatic hydroxyl groups is 1. The van der Waals surface area contributed by atoms with Gasteiger partial charge in [-0.15, -0.1) is 12.6 Å². The third kappa shape index (κ3) is 3.45. The minimum atomic E-state index is -0.565. The molecule has 0 aliphatic heterocycles. The van der Waals surface area contributed by atoms with Gasteiger partial charge in [-0.2, -0.15) is 0 Å². The van der Waals surface area contributed by atoms with Gasteiger partial charge in [-0.3, -0.25) is 4.79 Å². The average molecular weight is 391 g/mol. The summed E-state index contributed by atoms with van der Waals surface area (Å²) in [6.45, 7) is 0. The highest BCUT2D eigenvalue weighted by Crippen LogP contribution is 2.50. The van der Waals surface area contributed by atoms with E-state index in [1.54, 1.807) is 18.2 Å². The number of benzene rings is 3. The molecule has 28 heavy (non-hydrogen) atoms. The SMILES string of the molecule is COc1cc(C2(C(=O)Nc3cccc(-c4ccc(S)cc4)c3)CC2)ccc1O. The second-order valence-electron chi connectivity index (χ2n) is 7.05. The van der Waals surface area contributed by atoms with Crippen LogP contribution in [-0.2, 0) is 10.2 Å². The molecule has 5 heteroatoms. The number of phenols is 1. The summed E-state index contributed by atoms with van der Waals surface area (Å²) >= 11 is 4.32. The molecule has 4 nitrogen and oxygen atoms in total. The molecule has 0 unspecified atom stereocenters. The highest BCUT2D eigenvalue weighted by atomic mass is 32.1. The van der Waals surface area contributed by atoms with Gasteiger partial charge in [-0.25, -0.2) is 0 Å². The number of anilines is 1. The zero-order valence-corrected chi connectivity index (χ0v) is 16.4. The van der Waals surface area contributed by atoms with Crippen LogP contribution in [-0.4, -0.2) is 18.1 Å². The first-order valence-electron chi connectivity index (χ1n) is 9.10. The van der Waals surface area contributed by atoms with Crippen LogP contribution in [0.3, 0.4) is 0 Å². The summed E-state index contributed by atoms with van der Waals surface area (Å²) in [6, 6.07) is 20.8. The quantitative estimate of drug-likeness (QED) is 0.535. The van der Waals surface area contributed by atoms with E-state index in [1.165, 1.54) is 7.11 Å². The van der Waals surface area contributed by atoms with Crippen LogP contribution in [0.4, 0.5) is 5.69 Å². The molecule has 1 fully saturated rings. The molecule has 1 amide bonds. The van der Waals surface area contributed by atoms with Crippen LogP contribution in [0, 0.1) is 0 Å². The highest BCUT2D eigenvalue weighted by molar-refractivity contribution is 7.80. The van der Waals surface area contributed by atoms with Gasteiger partial charge in [0.15, 0.2) is 11.5 Å². The molecule has 2 N–H and O–H groups in total. The zero-order valence-electron chi connectivity index (χ0n) is 15.5. The van der Waals surface area contributed by atoms with Crippen molar-refractivity contribution in [1.82, 2.24) is 0 Å². The number of amides is 1. The van der Waals surface area contributed by atoms with Gasteiger partial charge in [-0.1, -0.05) is 30.3 Å². The van der Waals surface area contributed by atoms with E-state index < -0.39 is 5.41 Å². The van der Waals surface area contributed by atoms with Gasteiger partial charge in [0.2, 0.25) is 5.91 Å². The van der Waals surface area contributed by atoms with Crippen molar-refractivity contribution in [1.29, 1.82) is 0 Å². The molecule has 0 aromatic heterocycles. The van der Waals surface area contributed by atoms with Crippen molar-refractivity contribution >= 4 is 24.2 Å². The molecule has 1 aliphatic carbocycles. The number of nitrogens with one attached hydrogen (secondary N) is 1. The van der Waals surface area contributed by atoms with E-state index in [0.29, 0.717) is 5.75 Å². The number of thiol groups is 1. The van der Waals surface area contributed by atoms with Gasteiger partial charge in [-0.05, 0) is 65.9 Å². The Kier molecular flexibility index (Phi) is 4.77. The predicted molar refractivity (Wildman–Crippen MR) is 113 cm³/mol. The fraction of sp³-hybridized carbons (Fsp3) is 0.174. The number of phenolic OH excluding ortho intramolecular Hbond substituents is 1. The Balaban J connectivity index is 1.57. The Morgan fingerprint density at radius 3 is 2.46 bits per heavy atom. The average Bonchev–Trinajstić information content (AvgIpc) is 3.51. The maximum absolute atomic E-state index is 13.0. The minimum Gasteiger partial charge on any atom is -0.504 e. The van der Waals surface area contributed by atoms with Crippen LogP contribution >= 0.6 is 12.6 Å². The number of hydrogen-bond acceptors (Lipinski definition) is 4. The van der Waals surface area contributed by atoms with Crippen molar-refractivity contribution in [3.05, 3.63) is 72.3 Å². The summed E-state index contributed by atoms with van der Waals surface area (Å²) < 4.78 is 5.19. The maximum Gasteiger partial charge on any atom is 0.235 e. The van der Waals surface area contributed by atoms with Crippen LogP contribution in [0.25, 0.3) is 11.1 Å². The summed E-state index contributed by atoms with van der Waals surface area (Å²) in [5, 5.41) is 12.9. The third-order valence-electron chi connectivity index (χ3n) is 5.24. The van der Waals surface area contributed by atoms with Gasteiger partial charge in [0, 0.05) is 10.6 Å². The number of carbonyl (C=O) groups excluding carboxylic acids is 1. The first-order valence-corrected chi connectivity index (χ1v) is 9.55. The van der Waals surface area contributed by atoms with Crippen molar-refractivity contribution in [3.63, 3.8) is 0 Å². The smallest absolute Gasteiger partial charge is 0.235 e. The molecule has 1 saturated carbocycles. The van der Waals surface area contributed by atoms with E-state index in [1.807, 2.05) is 48.5 Å². The monoisotopic (exact) mass is 391 g/mol. The van der Waals surface area contributed by atoms with E-state index in [4.69, 9.17) is 4.74 Å². The number of rotatable bonds is 5. The molecular weight excluding hydrogens is 370 g/mol. The molecule has 0 heterocycles. The molecule has 0 saturated heterocycles. The van der Waals surface area contributed by atoms with Crippen molar-refractivity contribution in [2.75, 3.05) is 12.4 Å². The molecule has 142 valence electrons. The van der Waals surface area contributed by atoms with Crippen LogP contribution in [0.2, 0.25) is 0 Å². The predicted octanol–water partition coefficient (Wildman–Crippen LogP) is 5.03. The zero-order chi connectivity index (χ0) is 19.7. The van der Waals surface area contributed by atoms with Gasteiger partial charge in [0.1, 0.15) is 0 Å². The topological polar surface area (TPSA) is 58.6 Å². The van der Waals surface area contributed by atoms with Crippen LogP contribution < -0.4 is 10.1 Å². The lowest BCUT2D eigenvalue weighted by molar-refractivity contribution is -0.118. The van der Waals surface area contributed by atoms with Crippen LogP contribution in [0.1, 0.15) is 18.4 Å².